The molecule has 0 radical (unpaired) electrons. The number of nitrogens with zero attached hydrogens (tertiary/aromatic N) is 1. The van der Waals surface area contributed by atoms with E-state index in [9.17, 15) is 8.42 Å². The van der Waals surface area contributed by atoms with Crippen molar-refractivity contribution in [3.8, 4) is 5.75 Å². The molecule has 0 saturated carbocycles. The second-order valence-electron chi connectivity index (χ2n) is 5.26. The number of sulfonamides is 1. The van der Waals surface area contributed by atoms with Gasteiger partial charge in [-0.15, -0.1) is 0 Å². The molecule has 118 valence electrons. The maximum absolute atomic E-state index is 12.6. The van der Waals surface area contributed by atoms with Gasteiger partial charge in [-0.05, 0) is 44.0 Å². The fourth-order valence-electron chi connectivity index (χ4n) is 2.53. The molecule has 0 aliphatic carbocycles. The van der Waals surface area contributed by atoms with Gasteiger partial charge >= 0.3 is 0 Å². The molecule has 0 spiro atoms. The summed E-state index contributed by atoms with van der Waals surface area (Å²) in [5.41, 5.74) is 0.881. The maximum Gasteiger partial charge on any atom is 0.243 e. The van der Waals surface area contributed by atoms with Crippen molar-refractivity contribution in [3.63, 3.8) is 0 Å². The molecule has 2 rings (SSSR count). The zero-order valence-electron chi connectivity index (χ0n) is 12.8. The molecule has 1 N–H and O–H groups in total. The van der Waals surface area contributed by atoms with E-state index in [1.807, 2.05) is 0 Å². The Morgan fingerprint density at radius 2 is 2.00 bits per heavy atom. The van der Waals surface area contributed by atoms with Gasteiger partial charge < -0.3 is 10.1 Å². The van der Waals surface area contributed by atoms with Crippen molar-refractivity contribution in [2.45, 2.75) is 37.6 Å². The monoisotopic (exact) mass is 312 g/mol. The highest BCUT2D eigenvalue weighted by atomic mass is 32.2. The molecule has 5 nitrogen and oxygen atoms in total. The van der Waals surface area contributed by atoms with E-state index in [0.29, 0.717) is 24.5 Å². The minimum absolute atomic E-state index is 0.360. The highest BCUT2D eigenvalue weighted by Gasteiger charge is 2.27. The molecule has 1 aromatic carbocycles. The Labute approximate surface area is 127 Å². The van der Waals surface area contributed by atoms with Crippen LogP contribution in [0.2, 0.25) is 0 Å². The van der Waals surface area contributed by atoms with Crippen LogP contribution in [0.1, 0.15) is 31.7 Å². The van der Waals surface area contributed by atoms with E-state index in [4.69, 9.17) is 4.74 Å². The third kappa shape index (κ3) is 3.75. The standard InChI is InChI=1S/C15H24N2O3S/c1-3-8-16-12-13-11-14(6-7-15(13)20-2)21(18,19)17-9-4-5-10-17/h6-7,11,16H,3-5,8-10,12H2,1-2H3. The number of nitrogens with one attached hydrogen (secondary N) is 1. The van der Waals surface area contributed by atoms with E-state index in [0.717, 1.165) is 37.1 Å². The van der Waals surface area contributed by atoms with Gasteiger partial charge in [0, 0.05) is 25.2 Å². The van der Waals surface area contributed by atoms with Crippen LogP contribution < -0.4 is 10.1 Å². The average Bonchev–Trinajstić information content (AvgIpc) is 3.02. The minimum atomic E-state index is -3.37. The SMILES string of the molecule is CCCNCc1cc(S(=O)(=O)N2CCCC2)ccc1OC. The molecule has 1 fully saturated rings. The summed E-state index contributed by atoms with van der Waals surface area (Å²) in [6.45, 7) is 4.85. The summed E-state index contributed by atoms with van der Waals surface area (Å²) in [4.78, 5) is 0.360. The topological polar surface area (TPSA) is 58.6 Å². The molecule has 1 aromatic rings. The summed E-state index contributed by atoms with van der Waals surface area (Å²) >= 11 is 0. The van der Waals surface area contributed by atoms with E-state index in [2.05, 4.69) is 12.2 Å². The molecule has 0 bridgehead atoms. The highest BCUT2D eigenvalue weighted by molar-refractivity contribution is 7.89. The maximum atomic E-state index is 12.6. The summed E-state index contributed by atoms with van der Waals surface area (Å²) in [6.07, 6.45) is 2.93. The lowest BCUT2D eigenvalue weighted by Gasteiger charge is -2.17. The lowest BCUT2D eigenvalue weighted by molar-refractivity contribution is 0.407. The molecule has 1 aliphatic heterocycles. The van der Waals surface area contributed by atoms with Crippen LogP contribution in [0.4, 0.5) is 0 Å². The van der Waals surface area contributed by atoms with Crippen molar-refractivity contribution < 1.29 is 13.2 Å². The Balaban J connectivity index is 2.25. The zero-order valence-corrected chi connectivity index (χ0v) is 13.6. The molecular weight excluding hydrogens is 288 g/mol. The number of hydrogen-bond donors (Lipinski definition) is 1. The third-order valence-electron chi connectivity index (χ3n) is 3.70. The molecule has 1 heterocycles. The number of methoxy groups -OCH3 is 1. The second-order valence-corrected chi connectivity index (χ2v) is 7.20. The van der Waals surface area contributed by atoms with Crippen LogP contribution in [0.25, 0.3) is 0 Å². The lowest BCUT2D eigenvalue weighted by Crippen LogP contribution is -2.28. The van der Waals surface area contributed by atoms with Gasteiger partial charge in [0.05, 0.1) is 12.0 Å². The van der Waals surface area contributed by atoms with Gasteiger partial charge in [-0.1, -0.05) is 6.92 Å². The van der Waals surface area contributed by atoms with Crippen molar-refractivity contribution in [2.24, 2.45) is 0 Å². The predicted octanol–water partition coefficient (Wildman–Crippen LogP) is 1.98. The van der Waals surface area contributed by atoms with Crippen molar-refractivity contribution in [1.29, 1.82) is 0 Å². The van der Waals surface area contributed by atoms with Gasteiger partial charge in [-0.2, -0.15) is 4.31 Å². The molecule has 1 saturated heterocycles. The zero-order chi connectivity index (χ0) is 15.3. The van der Waals surface area contributed by atoms with Crippen LogP contribution in [0.3, 0.4) is 0 Å². The van der Waals surface area contributed by atoms with Crippen molar-refractivity contribution >= 4 is 10.0 Å². The normalized spacial score (nSPS) is 16.3. The Hall–Kier alpha value is -1.11. The number of rotatable bonds is 7. The third-order valence-corrected chi connectivity index (χ3v) is 5.59. The van der Waals surface area contributed by atoms with Crippen LogP contribution >= 0.6 is 0 Å². The van der Waals surface area contributed by atoms with Gasteiger partial charge in [0.2, 0.25) is 10.0 Å². The lowest BCUT2D eigenvalue weighted by atomic mass is 10.2. The Kier molecular flexibility index (Phi) is 5.61. The Morgan fingerprint density at radius 3 is 2.62 bits per heavy atom. The molecule has 1 aliphatic rings. The van der Waals surface area contributed by atoms with Crippen LogP contribution in [0.15, 0.2) is 23.1 Å². The Morgan fingerprint density at radius 1 is 1.29 bits per heavy atom. The van der Waals surface area contributed by atoms with Crippen molar-refractivity contribution in [1.82, 2.24) is 9.62 Å². The van der Waals surface area contributed by atoms with Gasteiger partial charge in [0.15, 0.2) is 0 Å². The predicted molar refractivity (Wildman–Crippen MR) is 83.0 cm³/mol. The van der Waals surface area contributed by atoms with Crippen LogP contribution in [-0.4, -0.2) is 39.5 Å². The first-order valence-corrected chi connectivity index (χ1v) is 8.91. The summed E-state index contributed by atoms with van der Waals surface area (Å²) in [6, 6.07) is 5.11. The van der Waals surface area contributed by atoms with Crippen molar-refractivity contribution in [3.05, 3.63) is 23.8 Å². The molecule has 0 atom stereocenters. The van der Waals surface area contributed by atoms with Gasteiger partial charge in [-0.3, -0.25) is 0 Å². The largest absolute Gasteiger partial charge is 0.496 e. The average molecular weight is 312 g/mol. The van der Waals surface area contributed by atoms with Crippen molar-refractivity contribution in [2.75, 3.05) is 26.7 Å². The first kappa shape index (κ1) is 16.3. The number of benzene rings is 1. The number of ether oxygens (including phenoxy) is 1. The van der Waals surface area contributed by atoms with Gasteiger partial charge in [0.1, 0.15) is 5.75 Å². The summed E-state index contributed by atoms with van der Waals surface area (Å²) < 4.78 is 32.1. The molecule has 6 heteroatoms. The Bertz CT molecular complexity index is 566. The van der Waals surface area contributed by atoms with E-state index >= 15 is 0 Å². The van der Waals surface area contributed by atoms with Gasteiger partial charge in [-0.25, -0.2) is 8.42 Å². The fourth-order valence-corrected chi connectivity index (χ4v) is 4.10. The molecule has 21 heavy (non-hydrogen) atoms. The summed E-state index contributed by atoms with van der Waals surface area (Å²) in [5.74, 6) is 0.721. The van der Waals surface area contributed by atoms with E-state index in [1.165, 1.54) is 0 Å². The summed E-state index contributed by atoms with van der Waals surface area (Å²) in [7, 11) is -1.76. The summed E-state index contributed by atoms with van der Waals surface area (Å²) in [5, 5.41) is 3.29. The molecule has 0 unspecified atom stereocenters. The first-order valence-electron chi connectivity index (χ1n) is 7.47. The molecule has 0 aromatic heterocycles. The second kappa shape index (κ2) is 7.24. The van der Waals surface area contributed by atoms with E-state index < -0.39 is 10.0 Å². The first-order chi connectivity index (χ1) is 10.1. The quantitative estimate of drug-likeness (QED) is 0.782. The van der Waals surface area contributed by atoms with E-state index in [-0.39, 0.29) is 0 Å². The number of hydrogen-bond acceptors (Lipinski definition) is 4. The van der Waals surface area contributed by atoms with Gasteiger partial charge in [0.25, 0.3) is 0 Å². The van der Waals surface area contributed by atoms with Crippen LogP contribution in [0.5, 0.6) is 5.75 Å². The van der Waals surface area contributed by atoms with Crippen LogP contribution in [0, 0.1) is 0 Å². The molecular formula is C15H24N2O3S. The highest BCUT2D eigenvalue weighted by Crippen LogP contribution is 2.26. The van der Waals surface area contributed by atoms with E-state index in [1.54, 1.807) is 29.6 Å². The fraction of sp³-hybridized carbons (Fsp3) is 0.600. The minimum Gasteiger partial charge on any atom is -0.496 e. The van der Waals surface area contributed by atoms with Crippen LogP contribution in [-0.2, 0) is 16.6 Å². The molecule has 0 amide bonds. The smallest absolute Gasteiger partial charge is 0.243 e.